The van der Waals surface area contributed by atoms with Gasteiger partial charge in [0.1, 0.15) is 11.9 Å². The van der Waals surface area contributed by atoms with Crippen LogP contribution < -0.4 is 11.1 Å². The van der Waals surface area contributed by atoms with Crippen LogP contribution in [0.15, 0.2) is 35.3 Å². The molecule has 1 heterocycles. The van der Waals surface area contributed by atoms with Gasteiger partial charge in [0.05, 0.1) is 6.42 Å². The molecule has 1 fully saturated rings. The fourth-order valence-corrected chi connectivity index (χ4v) is 2.40. The van der Waals surface area contributed by atoms with Gasteiger partial charge in [0, 0.05) is 12.6 Å². The van der Waals surface area contributed by atoms with Crippen LogP contribution in [0, 0.1) is 0 Å². The molecule has 110 valence electrons. The van der Waals surface area contributed by atoms with E-state index in [0.717, 1.165) is 18.4 Å². The molecule has 1 saturated carbocycles. The van der Waals surface area contributed by atoms with Gasteiger partial charge in [-0.2, -0.15) is 4.99 Å². The van der Waals surface area contributed by atoms with Crippen LogP contribution in [0.4, 0.5) is 4.79 Å². The Bertz CT molecular complexity index is 581. The lowest BCUT2D eigenvalue weighted by atomic mass is 10.1. The van der Waals surface area contributed by atoms with E-state index in [1.165, 1.54) is 0 Å². The first-order valence-corrected chi connectivity index (χ1v) is 7.11. The highest BCUT2D eigenvalue weighted by atomic mass is 16.2. The molecule has 1 aromatic rings. The minimum absolute atomic E-state index is 0.0755. The molecule has 0 bridgehead atoms. The fourth-order valence-electron chi connectivity index (χ4n) is 2.40. The van der Waals surface area contributed by atoms with Crippen LogP contribution in [-0.2, 0) is 11.3 Å². The molecule has 3 rings (SSSR count). The van der Waals surface area contributed by atoms with Crippen LogP contribution in [0.25, 0.3) is 0 Å². The molecule has 2 aliphatic rings. The molecule has 1 atom stereocenters. The number of nitrogens with zero attached hydrogens (tertiary/aromatic N) is 2. The van der Waals surface area contributed by atoms with E-state index in [4.69, 9.17) is 5.73 Å². The quantitative estimate of drug-likeness (QED) is 0.847. The van der Waals surface area contributed by atoms with Crippen molar-refractivity contribution in [3.05, 3.63) is 35.9 Å². The first-order chi connectivity index (χ1) is 10.1. The third-order valence-electron chi connectivity index (χ3n) is 3.71. The van der Waals surface area contributed by atoms with Crippen LogP contribution in [-0.4, -0.2) is 34.8 Å². The van der Waals surface area contributed by atoms with Gasteiger partial charge in [-0.15, -0.1) is 0 Å². The van der Waals surface area contributed by atoms with E-state index in [9.17, 15) is 9.59 Å². The molecule has 0 aromatic heterocycles. The third-order valence-corrected chi connectivity index (χ3v) is 3.71. The number of aliphatic imine (C=N–C) groups is 1. The highest BCUT2D eigenvalue weighted by molar-refractivity contribution is 6.04. The first kappa shape index (κ1) is 13.6. The van der Waals surface area contributed by atoms with Gasteiger partial charge in [-0.1, -0.05) is 30.3 Å². The average molecular weight is 286 g/mol. The van der Waals surface area contributed by atoms with Crippen molar-refractivity contribution >= 4 is 17.8 Å². The van der Waals surface area contributed by atoms with Gasteiger partial charge in [-0.25, -0.2) is 4.79 Å². The molecule has 1 unspecified atom stereocenters. The number of hydrogen-bond acceptors (Lipinski definition) is 3. The highest BCUT2D eigenvalue weighted by Crippen LogP contribution is 2.21. The van der Waals surface area contributed by atoms with Gasteiger partial charge in [0.15, 0.2) is 0 Å². The summed E-state index contributed by atoms with van der Waals surface area (Å²) in [6.07, 6.45) is 2.24. The van der Waals surface area contributed by atoms with Gasteiger partial charge >= 0.3 is 6.03 Å². The maximum atomic E-state index is 11.9. The third kappa shape index (κ3) is 3.21. The van der Waals surface area contributed by atoms with E-state index in [1.54, 1.807) is 4.90 Å². The van der Waals surface area contributed by atoms with Crippen LogP contribution in [0.5, 0.6) is 0 Å². The number of rotatable bonds is 5. The van der Waals surface area contributed by atoms with E-state index < -0.39 is 6.04 Å². The van der Waals surface area contributed by atoms with Crippen LogP contribution in [0.2, 0.25) is 0 Å². The van der Waals surface area contributed by atoms with Gasteiger partial charge < -0.3 is 16.0 Å². The van der Waals surface area contributed by atoms with E-state index in [1.807, 2.05) is 30.3 Å². The number of nitrogens with one attached hydrogen (secondary N) is 1. The topological polar surface area (TPSA) is 87.8 Å². The Morgan fingerprint density at radius 1 is 1.33 bits per heavy atom. The van der Waals surface area contributed by atoms with Gasteiger partial charge in [0.25, 0.3) is 0 Å². The highest BCUT2D eigenvalue weighted by Gasteiger charge is 2.35. The summed E-state index contributed by atoms with van der Waals surface area (Å²) in [7, 11) is 0. The summed E-state index contributed by atoms with van der Waals surface area (Å²) in [6, 6.07) is 9.09. The van der Waals surface area contributed by atoms with Crippen molar-refractivity contribution < 1.29 is 9.59 Å². The number of carbonyl (C=O) groups is 2. The second-order valence-corrected chi connectivity index (χ2v) is 5.49. The monoisotopic (exact) mass is 286 g/mol. The van der Waals surface area contributed by atoms with Crippen molar-refractivity contribution in [2.45, 2.75) is 37.9 Å². The molecular formula is C15H18N4O2. The average Bonchev–Trinajstić information content (AvgIpc) is 3.23. The Kier molecular flexibility index (Phi) is 3.60. The predicted molar refractivity (Wildman–Crippen MR) is 78.6 cm³/mol. The maximum Gasteiger partial charge on any atom is 0.346 e. The Balaban J connectivity index is 1.68. The van der Waals surface area contributed by atoms with E-state index >= 15 is 0 Å². The fraction of sp³-hybridized carbons (Fsp3) is 0.400. The van der Waals surface area contributed by atoms with E-state index in [-0.39, 0.29) is 24.2 Å². The summed E-state index contributed by atoms with van der Waals surface area (Å²) in [5.74, 6) is 0.148. The standard InChI is InChI=1S/C15H18N4O2/c16-14-12(8-13(20)17-11-6-7-11)19(15(21)18-14)9-10-4-2-1-3-5-10/h1-5,11-12H,6-9H2,(H,17,20)(H2,16,18,21). The molecule has 1 aliphatic carbocycles. The van der Waals surface area contributed by atoms with Crippen molar-refractivity contribution in [1.29, 1.82) is 0 Å². The summed E-state index contributed by atoms with van der Waals surface area (Å²) < 4.78 is 0. The van der Waals surface area contributed by atoms with Crippen LogP contribution in [0.1, 0.15) is 24.8 Å². The summed E-state index contributed by atoms with van der Waals surface area (Å²) >= 11 is 0. The van der Waals surface area contributed by atoms with Crippen molar-refractivity contribution in [2.24, 2.45) is 10.7 Å². The van der Waals surface area contributed by atoms with Crippen molar-refractivity contribution in [2.75, 3.05) is 0 Å². The minimum atomic E-state index is -0.448. The number of urea groups is 1. The Hall–Kier alpha value is -2.37. The number of hydrogen-bond donors (Lipinski definition) is 2. The number of amidine groups is 1. The second-order valence-electron chi connectivity index (χ2n) is 5.49. The summed E-state index contributed by atoms with van der Waals surface area (Å²) in [6.45, 7) is 0.408. The van der Waals surface area contributed by atoms with Crippen molar-refractivity contribution in [3.63, 3.8) is 0 Å². The first-order valence-electron chi connectivity index (χ1n) is 7.11. The molecule has 0 saturated heterocycles. The Labute approximate surface area is 123 Å². The molecule has 1 aliphatic heterocycles. The SMILES string of the molecule is NC1=NC(=O)N(Cc2ccccc2)C1CC(=O)NC1CC1. The molecule has 6 heteroatoms. The number of nitrogens with two attached hydrogens (primary N) is 1. The Morgan fingerprint density at radius 2 is 2.05 bits per heavy atom. The second kappa shape index (κ2) is 5.55. The molecule has 3 N–H and O–H groups in total. The lowest BCUT2D eigenvalue weighted by Crippen LogP contribution is -2.43. The summed E-state index contributed by atoms with van der Waals surface area (Å²) in [5, 5.41) is 2.91. The zero-order valence-electron chi connectivity index (χ0n) is 11.7. The molecule has 1 aromatic carbocycles. The van der Waals surface area contributed by atoms with Crippen LogP contribution in [0.3, 0.4) is 0 Å². The predicted octanol–water partition coefficient (Wildman–Crippen LogP) is 1.02. The molecule has 3 amide bonds. The van der Waals surface area contributed by atoms with Crippen LogP contribution >= 0.6 is 0 Å². The minimum Gasteiger partial charge on any atom is -0.385 e. The van der Waals surface area contributed by atoms with Gasteiger partial charge in [-0.3, -0.25) is 4.79 Å². The van der Waals surface area contributed by atoms with E-state index in [2.05, 4.69) is 10.3 Å². The Morgan fingerprint density at radius 3 is 2.71 bits per heavy atom. The molecule has 6 nitrogen and oxygen atoms in total. The van der Waals surface area contributed by atoms with Crippen molar-refractivity contribution in [3.8, 4) is 0 Å². The van der Waals surface area contributed by atoms with Gasteiger partial charge in [0.2, 0.25) is 5.91 Å². The summed E-state index contributed by atoms with van der Waals surface area (Å²) in [4.78, 5) is 29.2. The smallest absolute Gasteiger partial charge is 0.346 e. The number of benzene rings is 1. The number of amides is 3. The van der Waals surface area contributed by atoms with E-state index in [0.29, 0.717) is 12.6 Å². The zero-order chi connectivity index (χ0) is 14.8. The normalized spacial score (nSPS) is 21.3. The van der Waals surface area contributed by atoms with Crippen molar-refractivity contribution in [1.82, 2.24) is 10.2 Å². The molecule has 21 heavy (non-hydrogen) atoms. The number of carbonyl (C=O) groups excluding carboxylic acids is 2. The summed E-state index contributed by atoms with van der Waals surface area (Å²) in [5.41, 5.74) is 6.80. The molecule has 0 spiro atoms. The largest absolute Gasteiger partial charge is 0.385 e. The molecule has 0 radical (unpaired) electrons. The lowest BCUT2D eigenvalue weighted by molar-refractivity contribution is -0.121. The maximum absolute atomic E-state index is 11.9. The molecular weight excluding hydrogens is 268 g/mol. The zero-order valence-corrected chi connectivity index (χ0v) is 11.7. The van der Waals surface area contributed by atoms with Gasteiger partial charge in [-0.05, 0) is 18.4 Å². The lowest BCUT2D eigenvalue weighted by Gasteiger charge is -2.23.